The second kappa shape index (κ2) is 9.69. The molecule has 0 radical (unpaired) electrons. The van der Waals surface area contributed by atoms with E-state index >= 15 is 0 Å². The van der Waals surface area contributed by atoms with Crippen molar-refractivity contribution in [2.75, 3.05) is 36.5 Å². The van der Waals surface area contributed by atoms with Gasteiger partial charge < -0.3 is 20.3 Å². The monoisotopic (exact) mass is 395 g/mol. The first-order valence-corrected chi connectivity index (χ1v) is 10.6. The number of morpholine rings is 1. The number of benzene rings is 1. The molecular formula is C22H29N5O2. The highest BCUT2D eigenvalue weighted by Gasteiger charge is 2.18. The summed E-state index contributed by atoms with van der Waals surface area (Å²) in [5.41, 5.74) is 2.45. The normalized spacial score (nSPS) is 18.1. The van der Waals surface area contributed by atoms with Crippen LogP contribution in [0.25, 0.3) is 0 Å². The van der Waals surface area contributed by atoms with Crippen molar-refractivity contribution in [3.05, 3.63) is 42.1 Å². The zero-order valence-electron chi connectivity index (χ0n) is 16.8. The second-order valence-electron chi connectivity index (χ2n) is 7.71. The summed E-state index contributed by atoms with van der Waals surface area (Å²) >= 11 is 0. The summed E-state index contributed by atoms with van der Waals surface area (Å²) in [4.78, 5) is 14.8. The number of nitrogens with one attached hydrogen (secondary N) is 2. The predicted molar refractivity (Wildman–Crippen MR) is 114 cm³/mol. The molecule has 2 fully saturated rings. The fourth-order valence-corrected chi connectivity index (χ4v) is 4.00. The van der Waals surface area contributed by atoms with E-state index in [1.54, 1.807) is 6.07 Å². The number of aromatic nitrogens is 2. The molecule has 7 nitrogen and oxygen atoms in total. The summed E-state index contributed by atoms with van der Waals surface area (Å²) < 4.78 is 5.45. The van der Waals surface area contributed by atoms with Crippen LogP contribution >= 0.6 is 0 Å². The number of carbonyl (C=O) groups excluding carboxylic acids is 1. The maximum Gasteiger partial charge on any atom is 0.272 e. The Morgan fingerprint density at radius 2 is 1.72 bits per heavy atom. The highest BCUT2D eigenvalue weighted by molar-refractivity contribution is 5.92. The van der Waals surface area contributed by atoms with Crippen molar-refractivity contribution < 1.29 is 9.53 Å². The van der Waals surface area contributed by atoms with Gasteiger partial charge in [-0.3, -0.25) is 4.79 Å². The Kier molecular flexibility index (Phi) is 6.56. The van der Waals surface area contributed by atoms with Gasteiger partial charge in [0.1, 0.15) is 0 Å². The zero-order chi connectivity index (χ0) is 19.9. The van der Waals surface area contributed by atoms with Crippen LogP contribution in [0.4, 0.5) is 17.2 Å². The van der Waals surface area contributed by atoms with Crippen LogP contribution in [-0.4, -0.2) is 48.4 Å². The fourth-order valence-electron chi connectivity index (χ4n) is 4.00. The summed E-state index contributed by atoms with van der Waals surface area (Å²) in [6.45, 7) is 3.20. The van der Waals surface area contributed by atoms with E-state index in [9.17, 15) is 4.79 Å². The number of carbonyl (C=O) groups is 1. The minimum absolute atomic E-state index is 0.135. The van der Waals surface area contributed by atoms with Crippen LogP contribution in [0.3, 0.4) is 0 Å². The molecule has 0 bridgehead atoms. The van der Waals surface area contributed by atoms with Gasteiger partial charge in [-0.2, -0.15) is 0 Å². The molecule has 2 aromatic rings. The first-order chi connectivity index (χ1) is 14.3. The molecule has 0 atom stereocenters. The molecule has 7 heteroatoms. The van der Waals surface area contributed by atoms with E-state index in [4.69, 9.17) is 4.74 Å². The van der Waals surface area contributed by atoms with Gasteiger partial charge in [0.05, 0.1) is 24.6 Å². The fraction of sp³-hybridized carbons (Fsp3) is 0.500. The van der Waals surface area contributed by atoms with Crippen molar-refractivity contribution in [2.24, 2.45) is 0 Å². The molecule has 154 valence electrons. The Bertz CT molecular complexity index is 797. The molecule has 1 aromatic heterocycles. The smallest absolute Gasteiger partial charge is 0.272 e. The van der Waals surface area contributed by atoms with Gasteiger partial charge in [-0.15, -0.1) is 10.2 Å². The van der Waals surface area contributed by atoms with E-state index < -0.39 is 0 Å². The van der Waals surface area contributed by atoms with E-state index in [0.717, 1.165) is 50.5 Å². The van der Waals surface area contributed by atoms with Gasteiger partial charge >= 0.3 is 0 Å². The van der Waals surface area contributed by atoms with Gasteiger partial charge in [-0.25, -0.2) is 0 Å². The topological polar surface area (TPSA) is 79.4 Å². The van der Waals surface area contributed by atoms with Crippen molar-refractivity contribution in [1.29, 1.82) is 0 Å². The summed E-state index contributed by atoms with van der Waals surface area (Å²) in [5, 5.41) is 14.8. The minimum atomic E-state index is -0.135. The zero-order valence-corrected chi connectivity index (χ0v) is 16.8. The third-order valence-electron chi connectivity index (χ3n) is 5.61. The molecule has 1 amide bonds. The van der Waals surface area contributed by atoms with Gasteiger partial charge in [0.15, 0.2) is 11.5 Å². The number of amides is 1. The molecule has 2 heterocycles. The molecule has 0 spiro atoms. The first-order valence-electron chi connectivity index (χ1n) is 10.6. The summed E-state index contributed by atoms with van der Waals surface area (Å²) in [5.74, 6) is 0.487. The molecule has 1 aliphatic carbocycles. The number of hydrogen-bond donors (Lipinski definition) is 2. The van der Waals surface area contributed by atoms with Crippen LogP contribution in [0.5, 0.6) is 0 Å². The summed E-state index contributed by atoms with van der Waals surface area (Å²) in [6.07, 6.45) is 7.00. The van der Waals surface area contributed by atoms with Crippen molar-refractivity contribution in [2.45, 2.75) is 44.6 Å². The number of anilines is 3. The average molecular weight is 396 g/mol. The van der Waals surface area contributed by atoms with Crippen molar-refractivity contribution in [3.8, 4) is 0 Å². The summed E-state index contributed by atoms with van der Waals surface area (Å²) in [6, 6.07) is 11.9. The third kappa shape index (κ3) is 5.23. The van der Waals surface area contributed by atoms with E-state index in [-0.39, 0.29) is 11.9 Å². The second-order valence-corrected chi connectivity index (χ2v) is 7.71. The lowest BCUT2D eigenvalue weighted by atomic mass is 10.1. The maximum atomic E-state index is 12.5. The van der Waals surface area contributed by atoms with Gasteiger partial charge in [0.2, 0.25) is 0 Å². The Hall–Kier alpha value is -2.67. The molecular weight excluding hydrogens is 366 g/mol. The van der Waals surface area contributed by atoms with E-state index in [1.165, 1.54) is 25.7 Å². The van der Waals surface area contributed by atoms with E-state index in [2.05, 4.69) is 31.8 Å². The van der Waals surface area contributed by atoms with Crippen LogP contribution in [0.2, 0.25) is 0 Å². The Morgan fingerprint density at radius 3 is 2.45 bits per heavy atom. The first kappa shape index (κ1) is 19.6. The number of para-hydroxylation sites is 2. The van der Waals surface area contributed by atoms with Gasteiger partial charge in [-0.05, 0) is 37.1 Å². The molecule has 1 aliphatic heterocycles. The third-order valence-corrected chi connectivity index (χ3v) is 5.61. The number of ether oxygens (including phenoxy) is 1. The van der Waals surface area contributed by atoms with Crippen molar-refractivity contribution in [3.63, 3.8) is 0 Å². The number of rotatable bonds is 5. The minimum Gasteiger partial charge on any atom is -0.378 e. The average Bonchev–Trinajstić information content (AvgIpc) is 3.04. The lowest BCUT2D eigenvalue weighted by molar-refractivity contribution is 0.0927. The van der Waals surface area contributed by atoms with Crippen molar-refractivity contribution >= 4 is 23.1 Å². The lowest BCUT2D eigenvalue weighted by Crippen LogP contribution is -2.36. The molecule has 1 saturated carbocycles. The Labute approximate surface area is 171 Å². The summed E-state index contributed by atoms with van der Waals surface area (Å²) in [7, 11) is 0. The van der Waals surface area contributed by atoms with Gasteiger partial charge in [0.25, 0.3) is 5.91 Å². The highest BCUT2D eigenvalue weighted by atomic mass is 16.5. The molecule has 0 unspecified atom stereocenters. The number of nitrogens with zero attached hydrogens (tertiary/aromatic N) is 3. The quantitative estimate of drug-likeness (QED) is 0.755. The van der Waals surface area contributed by atoms with Crippen LogP contribution in [0.15, 0.2) is 36.4 Å². The van der Waals surface area contributed by atoms with Crippen molar-refractivity contribution in [1.82, 2.24) is 15.5 Å². The van der Waals surface area contributed by atoms with Gasteiger partial charge in [0, 0.05) is 19.1 Å². The largest absolute Gasteiger partial charge is 0.378 e. The van der Waals surface area contributed by atoms with Crippen LogP contribution in [-0.2, 0) is 4.74 Å². The van der Waals surface area contributed by atoms with E-state index in [1.807, 2.05) is 24.3 Å². The molecule has 4 rings (SSSR count). The van der Waals surface area contributed by atoms with Crippen LogP contribution in [0.1, 0.15) is 49.0 Å². The SMILES string of the molecule is O=C(NC1CCCCCC1)c1ccc(Nc2ccccc2N2CCOCC2)nn1. The highest BCUT2D eigenvalue weighted by Crippen LogP contribution is 2.28. The van der Waals surface area contributed by atoms with Crippen LogP contribution < -0.4 is 15.5 Å². The Balaban J connectivity index is 1.40. The molecule has 2 N–H and O–H groups in total. The maximum absolute atomic E-state index is 12.5. The standard InChI is InChI=1S/C22H29N5O2/c28-22(23-17-7-3-1-2-4-8-17)19-11-12-21(26-25-19)24-18-9-5-6-10-20(18)27-13-15-29-16-14-27/h5-6,9-12,17H,1-4,7-8,13-16H2,(H,23,28)(H,24,26). The molecule has 2 aliphatic rings. The predicted octanol–water partition coefficient (Wildman–Crippen LogP) is 3.51. The van der Waals surface area contributed by atoms with Gasteiger partial charge in [-0.1, -0.05) is 37.8 Å². The molecule has 1 saturated heterocycles. The molecule has 29 heavy (non-hydrogen) atoms. The number of hydrogen-bond acceptors (Lipinski definition) is 6. The Morgan fingerprint density at radius 1 is 0.966 bits per heavy atom. The van der Waals surface area contributed by atoms with Crippen LogP contribution in [0, 0.1) is 0 Å². The van der Waals surface area contributed by atoms with E-state index in [0.29, 0.717) is 11.5 Å². The molecule has 1 aromatic carbocycles. The lowest BCUT2D eigenvalue weighted by Gasteiger charge is -2.30.